The van der Waals surface area contributed by atoms with Crippen molar-refractivity contribution < 1.29 is 23.5 Å². The van der Waals surface area contributed by atoms with Gasteiger partial charge in [0.1, 0.15) is 5.82 Å². The molecule has 0 saturated heterocycles. The van der Waals surface area contributed by atoms with Gasteiger partial charge in [-0.3, -0.25) is 10.1 Å². The highest BCUT2D eigenvalue weighted by molar-refractivity contribution is 5.96. The number of nitrogens with one attached hydrogen (secondary N) is 2. The second-order valence-corrected chi connectivity index (χ2v) is 4.04. The average molecular weight is 306 g/mol. The van der Waals surface area contributed by atoms with Gasteiger partial charge in [0.15, 0.2) is 6.61 Å². The number of hydrogen-bond donors (Lipinski definition) is 2. The van der Waals surface area contributed by atoms with Crippen molar-refractivity contribution in [3.8, 4) is 0 Å². The van der Waals surface area contributed by atoms with Crippen LogP contribution in [0.5, 0.6) is 0 Å². The lowest BCUT2D eigenvalue weighted by atomic mass is 10.2. The molecule has 6 nitrogen and oxygen atoms in total. The van der Waals surface area contributed by atoms with Gasteiger partial charge in [0, 0.05) is 12.6 Å². The van der Waals surface area contributed by atoms with Crippen LogP contribution in [0.3, 0.4) is 0 Å². The van der Waals surface area contributed by atoms with Crippen LogP contribution in [0.15, 0.2) is 43.0 Å². The highest BCUT2D eigenvalue weighted by atomic mass is 19.1. The molecule has 1 aromatic carbocycles. The number of rotatable bonds is 6. The lowest BCUT2D eigenvalue weighted by molar-refractivity contribution is -0.143. The van der Waals surface area contributed by atoms with Crippen molar-refractivity contribution >= 4 is 24.0 Å². The molecule has 0 heterocycles. The number of benzene rings is 1. The minimum Gasteiger partial charge on any atom is -0.452 e. The Hall–Kier alpha value is -2.96. The summed E-state index contributed by atoms with van der Waals surface area (Å²) in [6.45, 7) is 2.99. The Kier molecular flexibility index (Phi) is 7.04. The van der Waals surface area contributed by atoms with Crippen LogP contribution < -0.4 is 10.6 Å². The summed E-state index contributed by atoms with van der Waals surface area (Å²) in [4.78, 5) is 33.8. The number of carbonyl (C=O) groups excluding carboxylic acids is 3. The summed E-state index contributed by atoms with van der Waals surface area (Å²) in [7, 11) is 0. The van der Waals surface area contributed by atoms with Gasteiger partial charge in [-0.05, 0) is 23.8 Å². The molecule has 0 unspecified atom stereocenters. The molecule has 7 heteroatoms. The number of amides is 3. The van der Waals surface area contributed by atoms with Crippen LogP contribution in [-0.4, -0.2) is 31.1 Å². The molecule has 0 radical (unpaired) electrons. The van der Waals surface area contributed by atoms with E-state index in [9.17, 15) is 18.8 Å². The van der Waals surface area contributed by atoms with Crippen molar-refractivity contribution in [1.82, 2.24) is 10.6 Å². The molecule has 116 valence electrons. The van der Waals surface area contributed by atoms with E-state index in [1.54, 1.807) is 6.07 Å². The maximum absolute atomic E-state index is 12.9. The lowest BCUT2D eigenvalue weighted by Gasteiger charge is -2.04. The Balaban J connectivity index is 2.35. The summed E-state index contributed by atoms with van der Waals surface area (Å²) in [6.07, 6.45) is 3.85. The van der Waals surface area contributed by atoms with Crippen molar-refractivity contribution in [1.29, 1.82) is 0 Å². The van der Waals surface area contributed by atoms with Crippen molar-refractivity contribution in [3.05, 3.63) is 54.4 Å². The summed E-state index contributed by atoms with van der Waals surface area (Å²) in [5.74, 6) is -1.99. The van der Waals surface area contributed by atoms with Gasteiger partial charge in [0.05, 0.1) is 0 Å². The van der Waals surface area contributed by atoms with E-state index in [-0.39, 0.29) is 6.54 Å². The molecule has 0 spiro atoms. The Morgan fingerprint density at radius 1 is 1.32 bits per heavy atom. The summed E-state index contributed by atoms with van der Waals surface area (Å²) >= 11 is 0. The normalized spacial score (nSPS) is 10.0. The summed E-state index contributed by atoms with van der Waals surface area (Å²) in [5, 5.41) is 4.29. The van der Waals surface area contributed by atoms with Gasteiger partial charge in [-0.2, -0.15) is 0 Å². The van der Waals surface area contributed by atoms with Gasteiger partial charge >= 0.3 is 12.0 Å². The molecule has 0 aromatic heterocycles. The molecule has 0 bridgehead atoms. The van der Waals surface area contributed by atoms with Crippen LogP contribution >= 0.6 is 0 Å². The summed E-state index contributed by atoms with van der Waals surface area (Å²) in [6, 6.07) is 4.90. The van der Waals surface area contributed by atoms with E-state index in [4.69, 9.17) is 0 Å². The zero-order valence-electron chi connectivity index (χ0n) is 11.7. The third kappa shape index (κ3) is 6.99. The smallest absolute Gasteiger partial charge is 0.331 e. The first-order valence-electron chi connectivity index (χ1n) is 6.30. The first-order chi connectivity index (χ1) is 10.5. The zero-order valence-corrected chi connectivity index (χ0v) is 11.7. The minimum absolute atomic E-state index is 0.204. The molecule has 22 heavy (non-hydrogen) atoms. The summed E-state index contributed by atoms with van der Waals surface area (Å²) in [5.41, 5.74) is 0.477. The Morgan fingerprint density at radius 2 is 2.09 bits per heavy atom. The molecule has 1 rings (SSSR count). The molecule has 0 atom stereocenters. The quantitative estimate of drug-likeness (QED) is 0.472. The molecule has 0 saturated carbocycles. The number of esters is 1. The average Bonchev–Trinajstić information content (AvgIpc) is 2.49. The fourth-order valence-corrected chi connectivity index (χ4v) is 1.33. The number of hydrogen-bond acceptors (Lipinski definition) is 4. The van der Waals surface area contributed by atoms with Gasteiger partial charge in [-0.25, -0.2) is 14.0 Å². The minimum atomic E-state index is -0.786. The molecule has 2 N–H and O–H groups in total. The Labute approximate surface area is 126 Å². The van der Waals surface area contributed by atoms with Crippen molar-refractivity contribution in [2.75, 3.05) is 13.2 Å². The maximum Gasteiger partial charge on any atom is 0.331 e. The molecule has 0 aliphatic heterocycles. The van der Waals surface area contributed by atoms with Crippen LogP contribution in [0, 0.1) is 5.82 Å². The van der Waals surface area contributed by atoms with Crippen LogP contribution in [0.2, 0.25) is 0 Å². The van der Waals surface area contributed by atoms with E-state index in [0.717, 1.165) is 6.08 Å². The SMILES string of the molecule is C=CCNC(=O)NC(=O)COC(=O)/C=C/c1cccc(F)c1. The highest BCUT2D eigenvalue weighted by Gasteiger charge is 2.08. The number of ether oxygens (including phenoxy) is 1. The molecule has 1 aromatic rings. The Morgan fingerprint density at radius 3 is 2.77 bits per heavy atom. The van der Waals surface area contributed by atoms with E-state index in [2.05, 4.69) is 16.6 Å². The van der Waals surface area contributed by atoms with Gasteiger partial charge in [0.2, 0.25) is 0 Å². The molecule has 3 amide bonds. The van der Waals surface area contributed by atoms with Gasteiger partial charge in [0.25, 0.3) is 5.91 Å². The molecular weight excluding hydrogens is 291 g/mol. The molecule has 0 fully saturated rings. The fraction of sp³-hybridized carbons (Fsp3) is 0.133. The first kappa shape index (κ1) is 17.1. The number of halogens is 1. The highest BCUT2D eigenvalue weighted by Crippen LogP contribution is 2.05. The zero-order chi connectivity index (χ0) is 16.4. The van der Waals surface area contributed by atoms with E-state index in [1.165, 1.54) is 30.4 Å². The topological polar surface area (TPSA) is 84.5 Å². The largest absolute Gasteiger partial charge is 0.452 e. The fourth-order valence-electron chi connectivity index (χ4n) is 1.33. The molecule has 0 aliphatic rings. The first-order valence-corrected chi connectivity index (χ1v) is 6.30. The molecule has 0 aliphatic carbocycles. The van der Waals surface area contributed by atoms with Crippen LogP contribution in [0.1, 0.15) is 5.56 Å². The standard InChI is InChI=1S/C15H15FN2O4/c1-2-8-17-15(21)18-13(19)10-22-14(20)7-6-11-4-3-5-12(16)9-11/h2-7,9H,1,8,10H2,(H2,17,18,19,21)/b7-6+. The van der Waals surface area contributed by atoms with Crippen LogP contribution in [-0.2, 0) is 14.3 Å². The summed E-state index contributed by atoms with van der Waals surface area (Å²) < 4.78 is 17.5. The second kappa shape index (κ2) is 9.06. The number of urea groups is 1. The Bertz CT molecular complexity index is 599. The molecular formula is C15H15FN2O4. The predicted octanol–water partition coefficient (Wildman–Crippen LogP) is 1.39. The monoisotopic (exact) mass is 306 g/mol. The lowest BCUT2D eigenvalue weighted by Crippen LogP contribution is -2.41. The third-order valence-electron chi connectivity index (χ3n) is 2.27. The third-order valence-corrected chi connectivity index (χ3v) is 2.27. The van der Waals surface area contributed by atoms with E-state index in [0.29, 0.717) is 5.56 Å². The van der Waals surface area contributed by atoms with Gasteiger partial charge in [-0.1, -0.05) is 18.2 Å². The predicted molar refractivity (Wildman–Crippen MR) is 78.1 cm³/mol. The van der Waals surface area contributed by atoms with E-state index < -0.39 is 30.3 Å². The number of carbonyl (C=O) groups is 3. The van der Waals surface area contributed by atoms with Gasteiger partial charge < -0.3 is 10.1 Å². The van der Waals surface area contributed by atoms with Crippen molar-refractivity contribution in [2.45, 2.75) is 0 Å². The van der Waals surface area contributed by atoms with Crippen LogP contribution in [0.25, 0.3) is 6.08 Å². The van der Waals surface area contributed by atoms with Gasteiger partial charge in [-0.15, -0.1) is 6.58 Å². The maximum atomic E-state index is 12.9. The van der Waals surface area contributed by atoms with E-state index >= 15 is 0 Å². The van der Waals surface area contributed by atoms with Crippen molar-refractivity contribution in [2.24, 2.45) is 0 Å². The number of imide groups is 1. The van der Waals surface area contributed by atoms with Crippen molar-refractivity contribution in [3.63, 3.8) is 0 Å². The van der Waals surface area contributed by atoms with E-state index in [1.807, 2.05) is 5.32 Å². The second-order valence-electron chi connectivity index (χ2n) is 4.04. The van der Waals surface area contributed by atoms with Crippen LogP contribution in [0.4, 0.5) is 9.18 Å².